The zero-order chi connectivity index (χ0) is 20.1. The average molecular weight is 371 g/mol. The lowest BCUT2D eigenvalue weighted by Gasteiger charge is -2.38. The van der Waals surface area contributed by atoms with Crippen molar-refractivity contribution in [3.8, 4) is 0 Å². The van der Waals surface area contributed by atoms with E-state index in [0.717, 1.165) is 18.5 Å². The predicted molar refractivity (Wildman–Crippen MR) is 110 cm³/mol. The van der Waals surface area contributed by atoms with Crippen LogP contribution in [0.2, 0.25) is 0 Å². The Labute approximate surface area is 162 Å². The first-order chi connectivity index (χ1) is 12.7. The predicted octanol–water partition coefficient (Wildman–Crippen LogP) is 5.47. The van der Waals surface area contributed by atoms with Gasteiger partial charge >= 0.3 is 5.97 Å². The number of nitrogens with zero attached hydrogens (tertiary/aromatic N) is 1. The van der Waals surface area contributed by atoms with Gasteiger partial charge in [0.05, 0.1) is 7.11 Å². The Balaban J connectivity index is 2.29. The zero-order valence-electron chi connectivity index (χ0n) is 17.2. The molecule has 0 saturated carbocycles. The number of benzene rings is 1. The summed E-state index contributed by atoms with van der Waals surface area (Å²) >= 11 is 0. The summed E-state index contributed by atoms with van der Waals surface area (Å²) in [5, 5.41) is 0. The molecule has 0 spiro atoms. The summed E-state index contributed by atoms with van der Waals surface area (Å²) in [5.41, 5.74) is 4.65. The van der Waals surface area contributed by atoms with Crippen LogP contribution in [0.5, 0.6) is 0 Å². The van der Waals surface area contributed by atoms with Gasteiger partial charge < -0.3 is 9.64 Å². The second-order valence-corrected chi connectivity index (χ2v) is 7.62. The van der Waals surface area contributed by atoms with E-state index in [9.17, 15) is 9.18 Å². The van der Waals surface area contributed by atoms with Crippen LogP contribution in [0.3, 0.4) is 0 Å². The van der Waals surface area contributed by atoms with Gasteiger partial charge in [0, 0.05) is 24.4 Å². The molecular formula is C23H30FNO2. The van der Waals surface area contributed by atoms with Crippen molar-refractivity contribution in [1.29, 1.82) is 0 Å². The van der Waals surface area contributed by atoms with Crippen molar-refractivity contribution in [3.05, 3.63) is 59.0 Å². The Morgan fingerprint density at radius 3 is 2.63 bits per heavy atom. The van der Waals surface area contributed by atoms with Crippen LogP contribution < -0.4 is 4.90 Å². The largest absolute Gasteiger partial charge is 0.466 e. The molecule has 2 rings (SSSR count). The molecule has 1 aromatic rings. The molecule has 0 radical (unpaired) electrons. The zero-order valence-corrected chi connectivity index (χ0v) is 17.2. The highest BCUT2D eigenvalue weighted by atomic mass is 19.1. The van der Waals surface area contributed by atoms with E-state index in [1.807, 2.05) is 6.07 Å². The number of anilines is 1. The molecule has 1 heterocycles. The number of fused-ring (bicyclic) bond motifs is 1. The molecule has 1 atom stereocenters. The first-order valence-corrected chi connectivity index (χ1v) is 9.43. The number of esters is 1. The number of allylic oxidation sites excluding steroid dienone is 5. The number of hydrogen-bond acceptors (Lipinski definition) is 3. The van der Waals surface area contributed by atoms with Crippen molar-refractivity contribution < 1.29 is 13.9 Å². The molecule has 0 aromatic heterocycles. The maximum absolute atomic E-state index is 14.6. The summed E-state index contributed by atoms with van der Waals surface area (Å²) in [6.45, 7) is 11.2. The van der Waals surface area contributed by atoms with Crippen LogP contribution in [0.25, 0.3) is 5.57 Å². The van der Waals surface area contributed by atoms with E-state index in [2.05, 4.69) is 42.5 Å². The molecule has 0 amide bonds. The number of carbonyl (C=O) groups excluding carboxylic acids is 1. The maximum Gasteiger partial charge on any atom is 0.330 e. The van der Waals surface area contributed by atoms with Gasteiger partial charge in [-0.15, -0.1) is 0 Å². The molecule has 1 aliphatic rings. The molecule has 0 fully saturated rings. The first kappa shape index (κ1) is 20.9. The third-order valence-electron chi connectivity index (χ3n) is 4.92. The highest BCUT2D eigenvalue weighted by molar-refractivity contribution is 5.83. The minimum Gasteiger partial charge on any atom is -0.466 e. The van der Waals surface area contributed by atoms with Crippen molar-refractivity contribution in [1.82, 2.24) is 0 Å². The van der Waals surface area contributed by atoms with Gasteiger partial charge in [-0.3, -0.25) is 0 Å². The van der Waals surface area contributed by atoms with Crippen molar-refractivity contribution in [2.24, 2.45) is 5.92 Å². The Kier molecular flexibility index (Phi) is 7.00. The van der Waals surface area contributed by atoms with Crippen molar-refractivity contribution in [2.75, 3.05) is 18.6 Å². The Morgan fingerprint density at radius 1 is 1.30 bits per heavy atom. The summed E-state index contributed by atoms with van der Waals surface area (Å²) in [4.78, 5) is 13.6. The normalized spacial score (nSPS) is 18.6. The van der Waals surface area contributed by atoms with E-state index in [4.69, 9.17) is 0 Å². The summed E-state index contributed by atoms with van der Waals surface area (Å²) < 4.78 is 19.2. The van der Waals surface area contributed by atoms with Crippen LogP contribution in [-0.4, -0.2) is 25.7 Å². The lowest BCUT2D eigenvalue weighted by Crippen LogP contribution is -2.39. The molecule has 0 bridgehead atoms. The maximum atomic E-state index is 14.6. The van der Waals surface area contributed by atoms with Crippen LogP contribution in [-0.2, 0) is 16.0 Å². The first-order valence-electron chi connectivity index (χ1n) is 9.43. The van der Waals surface area contributed by atoms with Crippen LogP contribution in [0.15, 0.2) is 47.8 Å². The summed E-state index contributed by atoms with van der Waals surface area (Å²) in [6, 6.07) is 6.65. The quantitative estimate of drug-likeness (QED) is 0.390. The number of carbonyl (C=O) groups is 1. The van der Waals surface area contributed by atoms with Crippen LogP contribution in [0.1, 0.15) is 45.7 Å². The van der Waals surface area contributed by atoms with E-state index >= 15 is 0 Å². The van der Waals surface area contributed by atoms with Crippen molar-refractivity contribution >= 4 is 17.2 Å². The molecule has 0 N–H and O–H groups in total. The van der Waals surface area contributed by atoms with Crippen molar-refractivity contribution in [2.45, 2.75) is 47.1 Å². The van der Waals surface area contributed by atoms with E-state index in [1.54, 1.807) is 19.9 Å². The van der Waals surface area contributed by atoms with Gasteiger partial charge in [-0.25, -0.2) is 9.18 Å². The van der Waals surface area contributed by atoms with Crippen LogP contribution >= 0.6 is 0 Å². The SMILES string of the molecule is COC(=O)/C=C(C)/C=C/C(F)=C(/C)c1ccc2c(c1)CC(C)CN2C(C)C. The van der Waals surface area contributed by atoms with Gasteiger partial charge in [-0.1, -0.05) is 19.1 Å². The molecule has 146 valence electrons. The van der Waals surface area contributed by atoms with Crippen molar-refractivity contribution in [3.63, 3.8) is 0 Å². The topological polar surface area (TPSA) is 29.5 Å². The number of hydrogen-bond donors (Lipinski definition) is 0. The van der Waals surface area contributed by atoms with E-state index in [-0.39, 0.29) is 5.83 Å². The molecule has 1 aromatic carbocycles. The lowest BCUT2D eigenvalue weighted by molar-refractivity contribution is -0.134. The van der Waals surface area contributed by atoms with Gasteiger partial charge in [0.2, 0.25) is 0 Å². The number of rotatable bonds is 5. The molecular weight excluding hydrogens is 341 g/mol. The van der Waals surface area contributed by atoms with Gasteiger partial charge in [-0.05, 0) is 80.5 Å². The molecule has 3 nitrogen and oxygen atoms in total. The minimum atomic E-state index is -0.447. The Hall–Kier alpha value is -2.36. The monoisotopic (exact) mass is 371 g/mol. The van der Waals surface area contributed by atoms with E-state index in [1.165, 1.54) is 30.5 Å². The molecule has 1 unspecified atom stereocenters. The molecule has 4 heteroatoms. The summed E-state index contributed by atoms with van der Waals surface area (Å²) in [7, 11) is 1.32. The number of ether oxygens (including phenoxy) is 1. The van der Waals surface area contributed by atoms with Gasteiger partial charge in [0.1, 0.15) is 5.83 Å². The van der Waals surface area contributed by atoms with Gasteiger partial charge in [-0.2, -0.15) is 0 Å². The summed E-state index contributed by atoms with van der Waals surface area (Å²) in [6.07, 6.45) is 5.32. The highest BCUT2D eigenvalue weighted by Crippen LogP contribution is 2.34. The van der Waals surface area contributed by atoms with Gasteiger partial charge in [0.15, 0.2) is 0 Å². The van der Waals surface area contributed by atoms with E-state index < -0.39 is 5.97 Å². The lowest BCUT2D eigenvalue weighted by atomic mass is 9.90. The molecule has 27 heavy (non-hydrogen) atoms. The van der Waals surface area contributed by atoms with Gasteiger partial charge in [0.25, 0.3) is 0 Å². The van der Waals surface area contributed by atoms with Crippen LogP contribution in [0.4, 0.5) is 10.1 Å². The molecule has 0 aliphatic carbocycles. The second kappa shape index (κ2) is 9.03. The molecule has 1 aliphatic heterocycles. The number of methoxy groups -OCH3 is 1. The minimum absolute atomic E-state index is 0.308. The molecule has 0 saturated heterocycles. The van der Waals surface area contributed by atoms with Crippen LogP contribution in [0, 0.1) is 5.92 Å². The Bertz CT molecular complexity index is 790. The fourth-order valence-corrected chi connectivity index (χ4v) is 3.39. The second-order valence-electron chi connectivity index (χ2n) is 7.62. The average Bonchev–Trinajstić information content (AvgIpc) is 2.63. The number of halogens is 1. The smallest absolute Gasteiger partial charge is 0.330 e. The summed E-state index contributed by atoms with van der Waals surface area (Å²) in [5.74, 6) is -0.177. The standard InChI is InChI=1S/C23H30FNO2/c1-15(2)25-14-17(4)11-20-13-19(8-10-22(20)25)18(5)21(24)9-7-16(3)12-23(26)27-6/h7-10,12-13,15,17H,11,14H2,1-6H3/b9-7+,16-12+,21-18+. The third-order valence-corrected chi connectivity index (χ3v) is 4.92. The fourth-order valence-electron chi connectivity index (χ4n) is 3.39. The fraction of sp³-hybridized carbons (Fsp3) is 0.435. The highest BCUT2D eigenvalue weighted by Gasteiger charge is 2.23. The Morgan fingerprint density at radius 2 is 2.00 bits per heavy atom. The third kappa shape index (κ3) is 5.31. The van der Waals surface area contributed by atoms with E-state index in [0.29, 0.717) is 23.1 Å².